The van der Waals surface area contributed by atoms with Crippen molar-refractivity contribution in [1.82, 2.24) is 0 Å². The fourth-order valence-electron chi connectivity index (χ4n) is 4.80. The van der Waals surface area contributed by atoms with Crippen LogP contribution in [-0.4, -0.2) is 40.5 Å². The Morgan fingerprint density at radius 3 is 2.56 bits per heavy atom. The molecule has 0 aromatic carbocycles. The SMILES string of the molecule is CCC(C)(C)C(=O)O[C@H]1C[C@@H](C)C=C2C=C[C@H](C)[C@H](CC[C@H](O)C[C@@H](O)CC(=O)ON)[C@H]21. The molecule has 182 valence electrons. The van der Waals surface area contributed by atoms with Crippen LogP contribution in [0.2, 0.25) is 0 Å². The van der Waals surface area contributed by atoms with Gasteiger partial charge < -0.3 is 19.8 Å². The molecule has 0 saturated heterocycles. The highest BCUT2D eigenvalue weighted by Gasteiger charge is 2.42. The lowest BCUT2D eigenvalue weighted by atomic mass is 9.65. The average molecular weight is 452 g/mol. The first-order valence-electron chi connectivity index (χ1n) is 11.8. The Hall–Kier alpha value is -1.70. The maximum atomic E-state index is 12.9. The number of carbonyl (C=O) groups is 2. The Labute approximate surface area is 192 Å². The molecule has 7 atom stereocenters. The Morgan fingerprint density at radius 1 is 1.25 bits per heavy atom. The van der Waals surface area contributed by atoms with E-state index in [1.54, 1.807) is 0 Å². The van der Waals surface area contributed by atoms with Gasteiger partial charge in [-0.15, -0.1) is 0 Å². The first kappa shape index (κ1) is 26.6. The number of nitrogens with two attached hydrogens (primary N) is 1. The van der Waals surface area contributed by atoms with Gasteiger partial charge in [-0.25, -0.2) is 0 Å². The summed E-state index contributed by atoms with van der Waals surface area (Å²) >= 11 is 0. The minimum Gasteiger partial charge on any atom is -0.461 e. The molecule has 0 radical (unpaired) electrons. The van der Waals surface area contributed by atoms with E-state index in [-0.39, 0.29) is 42.7 Å². The topological polar surface area (TPSA) is 119 Å². The van der Waals surface area contributed by atoms with Gasteiger partial charge in [0.05, 0.1) is 24.0 Å². The third kappa shape index (κ3) is 6.90. The van der Waals surface area contributed by atoms with E-state index in [4.69, 9.17) is 10.6 Å². The minimum atomic E-state index is -0.999. The predicted molar refractivity (Wildman–Crippen MR) is 122 cm³/mol. The van der Waals surface area contributed by atoms with Gasteiger partial charge in [0.1, 0.15) is 6.10 Å². The zero-order chi connectivity index (χ0) is 24.1. The molecule has 0 saturated carbocycles. The molecule has 2 rings (SSSR count). The molecule has 0 aromatic rings. The van der Waals surface area contributed by atoms with Crippen molar-refractivity contribution in [1.29, 1.82) is 0 Å². The van der Waals surface area contributed by atoms with E-state index < -0.39 is 23.6 Å². The number of hydrogen-bond donors (Lipinski definition) is 3. The normalized spacial score (nSPS) is 29.5. The smallest absolute Gasteiger partial charge is 0.327 e. The third-order valence-electron chi connectivity index (χ3n) is 7.20. The summed E-state index contributed by atoms with van der Waals surface area (Å²) in [6.07, 6.45) is 7.24. The van der Waals surface area contributed by atoms with Crippen molar-refractivity contribution in [3.63, 3.8) is 0 Å². The number of ether oxygens (including phenoxy) is 1. The molecule has 7 heteroatoms. The first-order valence-corrected chi connectivity index (χ1v) is 11.8. The summed E-state index contributed by atoms with van der Waals surface area (Å²) in [5.74, 6) is 4.84. The highest BCUT2D eigenvalue weighted by Crippen LogP contribution is 2.45. The van der Waals surface area contributed by atoms with Crippen LogP contribution < -0.4 is 5.90 Å². The highest BCUT2D eigenvalue weighted by molar-refractivity contribution is 5.76. The molecule has 0 aromatic heterocycles. The number of esters is 1. The molecule has 0 aliphatic heterocycles. The summed E-state index contributed by atoms with van der Waals surface area (Å²) in [5.41, 5.74) is 0.687. The van der Waals surface area contributed by atoms with Gasteiger partial charge in [-0.05, 0) is 69.3 Å². The summed E-state index contributed by atoms with van der Waals surface area (Å²) in [7, 11) is 0. The van der Waals surface area contributed by atoms with Crippen LogP contribution in [0, 0.1) is 29.1 Å². The lowest BCUT2D eigenvalue weighted by Gasteiger charge is -2.44. The van der Waals surface area contributed by atoms with Crippen molar-refractivity contribution in [2.45, 2.75) is 91.5 Å². The lowest BCUT2D eigenvalue weighted by Crippen LogP contribution is -2.43. The fraction of sp³-hybridized carbons (Fsp3) is 0.760. The second kappa shape index (κ2) is 11.4. The first-order chi connectivity index (χ1) is 15.0. The molecule has 0 heterocycles. The van der Waals surface area contributed by atoms with Gasteiger partial charge in [0, 0.05) is 5.92 Å². The quantitative estimate of drug-likeness (QED) is 0.344. The van der Waals surface area contributed by atoms with E-state index in [0.29, 0.717) is 18.8 Å². The number of fused-ring (bicyclic) bond motifs is 1. The van der Waals surface area contributed by atoms with Crippen molar-refractivity contribution in [3.05, 3.63) is 23.8 Å². The Balaban J connectivity index is 2.10. The molecule has 2 aliphatic rings. The largest absolute Gasteiger partial charge is 0.461 e. The highest BCUT2D eigenvalue weighted by atomic mass is 16.7. The number of carbonyl (C=O) groups excluding carboxylic acids is 2. The van der Waals surface area contributed by atoms with Gasteiger partial charge in [0.15, 0.2) is 0 Å². The van der Waals surface area contributed by atoms with Gasteiger partial charge in [0.25, 0.3) is 0 Å². The van der Waals surface area contributed by atoms with Crippen LogP contribution in [0.3, 0.4) is 0 Å². The van der Waals surface area contributed by atoms with Crippen molar-refractivity contribution in [2.75, 3.05) is 0 Å². The van der Waals surface area contributed by atoms with E-state index >= 15 is 0 Å². The van der Waals surface area contributed by atoms with Gasteiger partial charge in [-0.3, -0.25) is 9.59 Å². The monoisotopic (exact) mass is 451 g/mol. The predicted octanol–water partition coefficient (Wildman–Crippen LogP) is 3.44. The number of hydrogen-bond acceptors (Lipinski definition) is 7. The second-order valence-corrected chi connectivity index (χ2v) is 10.3. The third-order valence-corrected chi connectivity index (χ3v) is 7.20. The zero-order valence-electron chi connectivity index (χ0n) is 20.1. The number of rotatable bonds is 10. The van der Waals surface area contributed by atoms with Gasteiger partial charge >= 0.3 is 11.9 Å². The van der Waals surface area contributed by atoms with Gasteiger partial charge in [-0.1, -0.05) is 39.0 Å². The summed E-state index contributed by atoms with van der Waals surface area (Å²) in [6, 6.07) is 0. The molecular weight excluding hydrogens is 410 g/mol. The van der Waals surface area contributed by atoms with Crippen molar-refractivity contribution in [3.8, 4) is 0 Å². The van der Waals surface area contributed by atoms with Crippen LogP contribution in [-0.2, 0) is 19.2 Å². The molecular formula is C25H41NO6. The molecule has 0 amide bonds. The van der Waals surface area contributed by atoms with Crippen LogP contribution in [0.25, 0.3) is 0 Å². The maximum absolute atomic E-state index is 12.9. The van der Waals surface area contributed by atoms with Gasteiger partial charge in [-0.2, -0.15) is 5.90 Å². The van der Waals surface area contributed by atoms with E-state index in [2.05, 4.69) is 36.9 Å². The molecule has 0 unspecified atom stereocenters. The van der Waals surface area contributed by atoms with Crippen molar-refractivity contribution >= 4 is 11.9 Å². The number of aliphatic hydroxyl groups is 2. The molecule has 0 spiro atoms. The summed E-state index contributed by atoms with van der Waals surface area (Å²) in [6.45, 7) is 10.1. The molecule has 2 aliphatic carbocycles. The van der Waals surface area contributed by atoms with E-state index in [0.717, 1.165) is 12.8 Å². The minimum absolute atomic E-state index is 0.0829. The number of aliphatic hydroxyl groups excluding tert-OH is 2. The van der Waals surface area contributed by atoms with E-state index in [1.165, 1.54) is 5.57 Å². The Bertz CT molecular complexity index is 715. The molecule has 0 bridgehead atoms. The summed E-state index contributed by atoms with van der Waals surface area (Å²) in [5, 5.41) is 20.4. The van der Waals surface area contributed by atoms with Crippen LogP contribution in [0.1, 0.15) is 73.1 Å². The van der Waals surface area contributed by atoms with Crippen LogP contribution in [0.4, 0.5) is 0 Å². The van der Waals surface area contributed by atoms with Crippen LogP contribution in [0.5, 0.6) is 0 Å². The molecule has 7 nitrogen and oxygen atoms in total. The van der Waals surface area contributed by atoms with E-state index in [9.17, 15) is 19.8 Å². The average Bonchev–Trinajstić information content (AvgIpc) is 2.72. The Morgan fingerprint density at radius 2 is 1.94 bits per heavy atom. The van der Waals surface area contributed by atoms with Crippen LogP contribution >= 0.6 is 0 Å². The Kier molecular flexibility index (Phi) is 9.49. The van der Waals surface area contributed by atoms with E-state index in [1.807, 2.05) is 20.8 Å². The van der Waals surface area contributed by atoms with Gasteiger partial charge in [0.2, 0.25) is 0 Å². The molecule has 4 N–H and O–H groups in total. The summed E-state index contributed by atoms with van der Waals surface area (Å²) < 4.78 is 6.11. The molecule has 32 heavy (non-hydrogen) atoms. The standard InChI is InChI=1S/C25H41NO6/c1-6-25(4,5)24(30)31-21-12-15(2)11-17-8-7-16(3)20(23(17)21)10-9-18(27)13-19(28)14-22(29)32-26/h7-8,11,15-16,18-21,23,27-28H,6,9-10,12-14,26H2,1-5H3/t15-,16-,18-,19+,20-,21-,23-/m0/s1. The second-order valence-electron chi connectivity index (χ2n) is 10.3. The van der Waals surface area contributed by atoms with Crippen LogP contribution in [0.15, 0.2) is 23.8 Å². The fourth-order valence-corrected chi connectivity index (χ4v) is 4.80. The number of allylic oxidation sites excluding steroid dienone is 3. The van der Waals surface area contributed by atoms with Crippen molar-refractivity contribution in [2.24, 2.45) is 35.0 Å². The lowest BCUT2D eigenvalue weighted by molar-refractivity contribution is -0.164. The van der Waals surface area contributed by atoms with Crippen molar-refractivity contribution < 1.29 is 29.4 Å². The molecule has 0 fully saturated rings. The maximum Gasteiger partial charge on any atom is 0.327 e. The summed E-state index contributed by atoms with van der Waals surface area (Å²) in [4.78, 5) is 28.1. The zero-order valence-corrected chi connectivity index (χ0v) is 20.1.